The second kappa shape index (κ2) is 5.50. The monoisotopic (exact) mass is 250 g/mol. The summed E-state index contributed by atoms with van der Waals surface area (Å²) in [5.74, 6) is 0. The summed E-state index contributed by atoms with van der Waals surface area (Å²) in [5, 5.41) is 11.3. The maximum atomic E-state index is 11.3. The molecule has 4 nitrogen and oxygen atoms in total. The number of nitrogens with zero attached hydrogens (tertiary/aromatic N) is 2. The summed E-state index contributed by atoms with van der Waals surface area (Å²) in [7, 11) is 5.67. The Balaban J connectivity index is 3.20. The molecule has 2 atom stereocenters. The maximum absolute atomic E-state index is 11.3. The molecule has 0 aliphatic carbocycles. The first kappa shape index (κ1) is 14.7. The van der Waals surface area contributed by atoms with Crippen LogP contribution < -0.4 is 9.59 Å². The highest BCUT2D eigenvalue weighted by Gasteiger charge is 2.26. The summed E-state index contributed by atoms with van der Waals surface area (Å²) < 4.78 is -0.200. The molecule has 0 radical (unpaired) electrons. The molecule has 0 aliphatic rings. The van der Waals surface area contributed by atoms with E-state index in [9.17, 15) is 9.90 Å². The molecule has 0 aromatic heterocycles. The van der Waals surface area contributed by atoms with E-state index in [0.29, 0.717) is 6.54 Å². The van der Waals surface area contributed by atoms with Crippen molar-refractivity contribution in [2.75, 3.05) is 27.7 Å². The zero-order valence-corrected chi connectivity index (χ0v) is 11.8. The van der Waals surface area contributed by atoms with Crippen LogP contribution in [0.3, 0.4) is 0 Å². The van der Waals surface area contributed by atoms with E-state index in [0.717, 1.165) is 11.3 Å². The number of rotatable bonds is 4. The minimum Gasteiger partial charge on any atom is -0.498 e. The van der Waals surface area contributed by atoms with Crippen LogP contribution in [0.2, 0.25) is 0 Å². The Morgan fingerprint density at radius 1 is 1.44 bits per heavy atom. The molecule has 1 aromatic rings. The number of carboxylic acid groups (broad SMARTS) is 1. The number of benzene rings is 1. The Morgan fingerprint density at radius 3 is 2.50 bits per heavy atom. The van der Waals surface area contributed by atoms with Crippen LogP contribution in [0, 0.1) is 0 Å². The Morgan fingerprint density at radius 2 is 2.06 bits per heavy atom. The van der Waals surface area contributed by atoms with Gasteiger partial charge in [0.05, 0.1) is 13.6 Å². The highest BCUT2D eigenvalue weighted by atomic mass is 16.4. The molecular formula is C14H22N2O2. The zero-order valence-electron chi connectivity index (χ0n) is 11.8. The van der Waals surface area contributed by atoms with E-state index in [-0.39, 0.29) is 10.5 Å². The molecule has 1 aromatic carbocycles. The fraction of sp³-hybridized carbons (Fsp3) is 0.500. The molecule has 0 saturated carbocycles. The van der Waals surface area contributed by atoms with Crippen LogP contribution in [0.25, 0.3) is 0 Å². The first-order valence-corrected chi connectivity index (χ1v) is 6.17. The average Bonchev–Trinajstić information content (AvgIpc) is 2.36. The van der Waals surface area contributed by atoms with Crippen molar-refractivity contribution >= 4 is 11.8 Å². The van der Waals surface area contributed by atoms with Gasteiger partial charge in [0.25, 0.3) is 6.09 Å². The van der Waals surface area contributed by atoms with Crippen molar-refractivity contribution in [1.29, 1.82) is 0 Å². The first-order chi connectivity index (χ1) is 8.32. The highest BCUT2D eigenvalue weighted by molar-refractivity contribution is 5.78. The van der Waals surface area contributed by atoms with Gasteiger partial charge in [0.2, 0.25) is 0 Å². The maximum Gasteiger partial charge on any atom is 0.262 e. The summed E-state index contributed by atoms with van der Waals surface area (Å²) in [6.07, 6.45) is -1.08. The highest BCUT2D eigenvalue weighted by Crippen LogP contribution is 2.26. The standard InChI is InChI=1S/C14H22N2O2/c1-6-16(5,14(17)18)13-9-7-8-12(10-13)11(2)15(3)4/h7-11H,6H2,1-5H3/t11-,16?/m0/s1. The van der Waals surface area contributed by atoms with Gasteiger partial charge in [0.15, 0.2) is 0 Å². The van der Waals surface area contributed by atoms with Crippen molar-refractivity contribution in [3.05, 3.63) is 29.8 Å². The van der Waals surface area contributed by atoms with Gasteiger partial charge in [0.1, 0.15) is 5.69 Å². The van der Waals surface area contributed by atoms with Crippen LogP contribution in [0.5, 0.6) is 0 Å². The minimum atomic E-state index is -1.08. The Kier molecular flexibility index (Phi) is 4.48. The molecule has 0 spiro atoms. The van der Waals surface area contributed by atoms with Crippen molar-refractivity contribution in [1.82, 2.24) is 9.38 Å². The van der Waals surface area contributed by atoms with Crippen LogP contribution in [-0.2, 0) is 0 Å². The normalized spacial score (nSPS) is 16.3. The Bertz CT molecular complexity index is 432. The molecule has 0 heterocycles. The summed E-state index contributed by atoms with van der Waals surface area (Å²) in [4.78, 5) is 13.4. The molecule has 0 bridgehead atoms. The number of carbonyl (C=O) groups excluding carboxylic acids is 1. The molecule has 1 amide bonds. The fourth-order valence-corrected chi connectivity index (χ4v) is 1.81. The number of amides is 1. The van der Waals surface area contributed by atoms with Gasteiger partial charge in [-0.2, -0.15) is 0 Å². The quantitative estimate of drug-likeness (QED) is 0.763. The summed E-state index contributed by atoms with van der Waals surface area (Å²) >= 11 is 0. The van der Waals surface area contributed by atoms with E-state index in [4.69, 9.17) is 0 Å². The number of quaternary nitrogens is 1. The van der Waals surface area contributed by atoms with Crippen molar-refractivity contribution in [2.45, 2.75) is 19.9 Å². The topological polar surface area (TPSA) is 43.4 Å². The molecular weight excluding hydrogens is 228 g/mol. The van der Waals surface area contributed by atoms with E-state index in [2.05, 4.69) is 11.8 Å². The van der Waals surface area contributed by atoms with Crippen LogP contribution in [-0.4, -0.2) is 38.7 Å². The van der Waals surface area contributed by atoms with Gasteiger partial charge >= 0.3 is 0 Å². The van der Waals surface area contributed by atoms with Gasteiger partial charge in [0, 0.05) is 12.1 Å². The van der Waals surface area contributed by atoms with Crippen molar-refractivity contribution in [3.8, 4) is 0 Å². The Labute approximate surface area is 109 Å². The smallest absolute Gasteiger partial charge is 0.262 e. The summed E-state index contributed by atoms with van der Waals surface area (Å²) in [6, 6.07) is 7.95. The first-order valence-electron chi connectivity index (χ1n) is 6.17. The third kappa shape index (κ3) is 2.71. The van der Waals surface area contributed by atoms with E-state index >= 15 is 0 Å². The van der Waals surface area contributed by atoms with Gasteiger partial charge in [-0.3, -0.25) is 0 Å². The zero-order chi connectivity index (χ0) is 13.9. The lowest BCUT2D eigenvalue weighted by molar-refractivity contribution is -0.262. The van der Waals surface area contributed by atoms with Crippen LogP contribution in [0.4, 0.5) is 10.5 Å². The van der Waals surface area contributed by atoms with Crippen molar-refractivity contribution in [2.24, 2.45) is 0 Å². The predicted octanol–water partition coefficient (Wildman–Crippen LogP) is 1.61. The lowest BCUT2D eigenvalue weighted by Crippen LogP contribution is -2.57. The van der Waals surface area contributed by atoms with Gasteiger partial charge in [-0.1, -0.05) is 12.1 Å². The molecule has 100 valence electrons. The lowest BCUT2D eigenvalue weighted by atomic mass is 10.1. The molecule has 0 aliphatic heterocycles. The Hall–Kier alpha value is -1.39. The predicted molar refractivity (Wildman–Crippen MR) is 72.2 cm³/mol. The molecule has 18 heavy (non-hydrogen) atoms. The van der Waals surface area contributed by atoms with Crippen molar-refractivity contribution in [3.63, 3.8) is 0 Å². The van der Waals surface area contributed by atoms with Gasteiger partial charge in [-0.05, 0) is 39.6 Å². The van der Waals surface area contributed by atoms with Crippen LogP contribution in [0.1, 0.15) is 25.5 Å². The average molecular weight is 250 g/mol. The largest absolute Gasteiger partial charge is 0.498 e. The number of hydrogen-bond acceptors (Lipinski definition) is 3. The summed E-state index contributed by atoms with van der Waals surface area (Å²) in [5.41, 5.74) is 1.86. The van der Waals surface area contributed by atoms with E-state index < -0.39 is 6.09 Å². The van der Waals surface area contributed by atoms with E-state index in [1.54, 1.807) is 7.05 Å². The van der Waals surface area contributed by atoms with Crippen LogP contribution >= 0.6 is 0 Å². The van der Waals surface area contributed by atoms with Crippen LogP contribution in [0.15, 0.2) is 24.3 Å². The molecule has 0 fully saturated rings. The lowest BCUT2D eigenvalue weighted by Gasteiger charge is -2.32. The molecule has 1 unspecified atom stereocenters. The van der Waals surface area contributed by atoms with Gasteiger partial charge in [-0.15, -0.1) is 0 Å². The van der Waals surface area contributed by atoms with Gasteiger partial charge in [-0.25, -0.2) is 4.48 Å². The fourth-order valence-electron chi connectivity index (χ4n) is 1.81. The third-order valence-electron chi connectivity index (χ3n) is 3.73. The van der Waals surface area contributed by atoms with E-state index in [1.807, 2.05) is 45.3 Å². The number of carbonyl (C=O) groups is 1. The molecule has 0 N–H and O–H groups in total. The SMILES string of the molecule is CC[N+](C)(C(=O)[O-])c1cccc([C@H](C)N(C)C)c1. The second-order valence-electron chi connectivity index (χ2n) is 5.01. The van der Waals surface area contributed by atoms with Crippen molar-refractivity contribution < 1.29 is 9.90 Å². The van der Waals surface area contributed by atoms with Gasteiger partial charge < -0.3 is 14.8 Å². The second-order valence-corrected chi connectivity index (χ2v) is 5.01. The minimum absolute atomic E-state index is 0.200. The third-order valence-corrected chi connectivity index (χ3v) is 3.73. The molecule has 1 rings (SSSR count). The molecule has 4 heteroatoms. The van der Waals surface area contributed by atoms with E-state index in [1.165, 1.54) is 0 Å². The molecule has 0 saturated heterocycles. The summed E-state index contributed by atoms with van der Waals surface area (Å²) in [6.45, 7) is 4.40. The number of hydrogen-bond donors (Lipinski definition) is 0.